The van der Waals surface area contributed by atoms with E-state index in [4.69, 9.17) is 9.47 Å². The quantitative estimate of drug-likeness (QED) is 0.671. The number of rotatable bonds is 9. The highest BCUT2D eigenvalue weighted by Gasteiger charge is 2.17. The Morgan fingerprint density at radius 2 is 1.79 bits per heavy atom. The second-order valence-corrected chi connectivity index (χ2v) is 7.30. The largest absolute Gasteiger partial charge is 0.497 e. The van der Waals surface area contributed by atoms with E-state index in [1.165, 1.54) is 11.3 Å². The molecule has 0 saturated carbocycles. The van der Waals surface area contributed by atoms with Gasteiger partial charge in [0.2, 0.25) is 0 Å². The molecule has 5 nitrogen and oxygen atoms in total. The van der Waals surface area contributed by atoms with Gasteiger partial charge in [0.25, 0.3) is 0 Å². The molecule has 0 amide bonds. The van der Waals surface area contributed by atoms with Crippen molar-refractivity contribution in [3.8, 4) is 11.5 Å². The number of benzene rings is 2. The Morgan fingerprint density at radius 3 is 2.50 bits per heavy atom. The minimum atomic E-state index is -0.0233. The number of hydrogen-bond acceptors (Lipinski definition) is 5. The highest BCUT2D eigenvalue weighted by Crippen LogP contribution is 2.25. The maximum Gasteiger partial charge on any atom is 0.128 e. The number of anilines is 1. The van der Waals surface area contributed by atoms with Crippen LogP contribution in [-0.4, -0.2) is 56.4 Å². The number of ether oxygens (including phenoxy) is 2. The summed E-state index contributed by atoms with van der Waals surface area (Å²) >= 11 is 0. The lowest BCUT2D eigenvalue weighted by Gasteiger charge is -2.36. The molecule has 0 aliphatic carbocycles. The lowest BCUT2D eigenvalue weighted by Crippen LogP contribution is -2.46. The molecule has 28 heavy (non-hydrogen) atoms. The van der Waals surface area contributed by atoms with Crippen molar-refractivity contribution in [2.45, 2.75) is 26.4 Å². The third-order valence-corrected chi connectivity index (χ3v) is 5.40. The molecule has 1 N–H and O–H groups in total. The summed E-state index contributed by atoms with van der Waals surface area (Å²) in [6.07, 6.45) is 2.11. The first-order chi connectivity index (χ1) is 13.7. The van der Waals surface area contributed by atoms with Crippen LogP contribution < -0.4 is 14.4 Å². The van der Waals surface area contributed by atoms with Crippen molar-refractivity contribution in [1.29, 1.82) is 0 Å². The summed E-state index contributed by atoms with van der Waals surface area (Å²) < 4.78 is 11.1. The highest BCUT2D eigenvalue weighted by atomic mass is 16.5. The molecule has 0 atom stereocenters. The molecule has 0 unspecified atom stereocenters. The van der Waals surface area contributed by atoms with E-state index in [2.05, 4.69) is 41.0 Å². The number of piperazine rings is 1. The second kappa shape index (κ2) is 10.3. The molecule has 0 bridgehead atoms. The van der Waals surface area contributed by atoms with Crippen LogP contribution >= 0.6 is 0 Å². The molecular formula is C23H32N2O3. The molecule has 1 aliphatic rings. The molecule has 1 aliphatic heterocycles. The smallest absolute Gasteiger partial charge is 0.128 e. The number of para-hydroxylation sites is 1. The third kappa shape index (κ3) is 5.40. The van der Waals surface area contributed by atoms with Gasteiger partial charge in [-0.25, -0.2) is 0 Å². The Balaban J connectivity index is 1.36. The van der Waals surface area contributed by atoms with Crippen molar-refractivity contribution in [3.05, 3.63) is 53.6 Å². The second-order valence-electron chi connectivity index (χ2n) is 7.30. The molecule has 1 saturated heterocycles. The van der Waals surface area contributed by atoms with Crippen LogP contribution in [0.3, 0.4) is 0 Å². The summed E-state index contributed by atoms with van der Waals surface area (Å²) in [6, 6.07) is 14.2. The zero-order valence-corrected chi connectivity index (χ0v) is 17.1. The van der Waals surface area contributed by atoms with Crippen LogP contribution in [-0.2, 0) is 6.61 Å². The first-order valence-electron chi connectivity index (χ1n) is 10.1. The molecule has 0 aromatic heterocycles. The zero-order chi connectivity index (χ0) is 19.8. The van der Waals surface area contributed by atoms with Gasteiger partial charge < -0.3 is 19.5 Å². The van der Waals surface area contributed by atoms with Crippen LogP contribution in [0, 0.1) is 6.92 Å². The Morgan fingerprint density at radius 1 is 1.00 bits per heavy atom. The fourth-order valence-electron chi connectivity index (χ4n) is 3.68. The van der Waals surface area contributed by atoms with Gasteiger partial charge in [-0.15, -0.1) is 0 Å². The molecular weight excluding hydrogens is 352 g/mol. The number of hydrogen-bond donors (Lipinski definition) is 1. The minimum Gasteiger partial charge on any atom is -0.497 e. The lowest BCUT2D eigenvalue weighted by molar-refractivity contribution is 0.233. The molecule has 5 heteroatoms. The van der Waals surface area contributed by atoms with E-state index in [1.807, 2.05) is 18.2 Å². The first kappa shape index (κ1) is 20.5. The Kier molecular flexibility index (Phi) is 7.57. The lowest BCUT2D eigenvalue weighted by atomic mass is 10.1. The number of nitrogens with zero attached hydrogens (tertiary/aromatic N) is 2. The van der Waals surface area contributed by atoms with Crippen LogP contribution in [0.25, 0.3) is 0 Å². The number of unbranched alkanes of at least 4 members (excludes halogenated alkanes) is 1. The third-order valence-electron chi connectivity index (χ3n) is 5.40. The molecule has 1 heterocycles. The summed E-state index contributed by atoms with van der Waals surface area (Å²) in [5, 5.41) is 9.44. The Labute approximate surface area is 168 Å². The predicted molar refractivity (Wildman–Crippen MR) is 113 cm³/mol. The zero-order valence-electron chi connectivity index (χ0n) is 17.1. The summed E-state index contributed by atoms with van der Waals surface area (Å²) in [5.74, 6) is 1.47. The van der Waals surface area contributed by atoms with E-state index < -0.39 is 0 Å². The number of aliphatic hydroxyl groups excluding tert-OH is 1. The average Bonchev–Trinajstić information content (AvgIpc) is 2.74. The Bertz CT molecular complexity index is 742. The molecule has 1 fully saturated rings. The van der Waals surface area contributed by atoms with E-state index in [0.717, 1.165) is 56.9 Å². The van der Waals surface area contributed by atoms with Gasteiger partial charge in [0.1, 0.15) is 11.5 Å². The van der Waals surface area contributed by atoms with Gasteiger partial charge in [-0.2, -0.15) is 0 Å². The van der Waals surface area contributed by atoms with E-state index in [9.17, 15) is 5.11 Å². The minimum absolute atomic E-state index is 0.0233. The van der Waals surface area contributed by atoms with Crippen molar-refractivity contribution in [1.82, 2.24) is 4.90 Å². The number of aliphatic hydroxyl groups is 1. The maximum absolute atomic E-state index is 9.44. The number of aryl methyl sites for hydroxylation is 1. The van der Waals surface area contributed by atoms with Crippen molar-refractivity contribution < 1.29 is 14.6 Å². The van der Waals surface area contributed by atoms with Crippen molar-refractivity contribution >= 4 is 5.69 Å². The van der Waals surface area contributed by atoms with Gasteiger partial charge in [0.05, 0.1) is 20.3 Å². The first-order valence-corrected chi connectivity index (χ1v) is 10.1. The average molecular weight is 385 g/mol. The normalized spacial score (nSPS) is 14.9. The van der Waals surface area contributed by atoms with Crippen molar-refractivity contribution in [2.75, 3.05) is 51.3 Å². The van der Waals surface area contributed by atoms with Gasteiger partial charge in [0, 0.05) is 43.5 Å². The molecule has 2 aromatic rings. The maximum atomic E-state index is 9.44. The van der Waals surface area contributed by atoms with Crippen LogP contribution in [0.1, 0.15) is 24.0 Å². The summed E-state index contributed by atoms with van der Waals surface area (Å²) in [5.41, 5.74) is 3.52. The van der Waals surface area contributed by atoms with E-state index in [0.29, 0.717) is 12.4 Å². The predicted octanol–water partition coefficient (Wildman–Crippen LogP) is 3.48. The summed E-state index contributed by atoms with van der Waals surface area (Å²) in [4.78, 5) is 5.04. The van der Waals surface area contributed by atoms with Gasteiger partial charge >= 0.3 is 0 Å². The molecule has 0 spiro atoms. The molecule has 152 valence electrons. The fourth-order valence-corrected chi connectivity index (χ4v) is 3.68. The van der Waals surface area contributed by atoms with Gasteiger partial charge in [-0.1, -0.05) is 18.2 Å². The van der Waals surface area contributed by atoms with Crippen LogP contribution in [0.2, 0.25) is 0 Å². The summed E-state index contributed by atoms with van der Waals surface area (Å²) in [6.45, 7) is 8.32. The van der Waals surface area contributed by atoms with Crippen molar-refractivity contribution in [2.24, 2.45) is 0 Å². The van der Waals surface area contributed by atoms with Crippen molar-refractivity contribution in [3.63, 3.8) is 0 Å². The van der Waals surface area contributed by atoms with Crippen LogP contribution in [0.15, 0.2) is 42.5 Å². The van der Waals surface area contributed by atoms with Crippen LogP contribution in [0.5, 0.6) is 11.5 Å². The van der Waals surface area contributed by atoms with Gasteiger partial charge in [0.15, 0.2) is 0 Å². The Hall–Kier alpha value is -2.24. The number of methoxy groups -OCH3 is 1. The molecule has 2 aromatic carbocycles. The van der Waals surface area contributed by atoms with E-state index in [1.54, 1.807) is 7.11 Å². The van der Waals surface area contributed by atoms with Crippen LogP contribution in [0.4, 0.5) is 5.69 Å². The van der Waals surface area contributed by atoms with Gasteiger partial charge in [-0.3, -0.25) is 4.90 Å². The monoisotopic (exact) mass is 384 g/mol. The summed E-state index contributed by atoms with van der Waals surface area (Å²) in [7, 11) is 1.64. The van der Waals surface area contributed by atoms with E-state index in [-0.39, 0.29) is 6.61 Å². The standard InChI is InChI=1S/C23H32N2O3/c1-19-7-3-4-8-22(19)25-14-12-24(13-15-25)11-5-6-16-28-23-17-21(27-2)10-9-20(23)18-26/h3-4,7-10,17,26H,5-6,11-16,18H2,1-2H3. The van der Waals surface area contributed by atoms with Gasteiger partial charge in [-0.05, 0) is 50.1 Å². The van der Waals surface area contributed by atoms with E-state index >= 15 is 0 Å². The highest BCUT2D eigenvalue weighted by molar-refractivity contribution is 5.53. The topological polar surface area (TPSA) is 45.2 Å². The SMILES string of the molecule is COc1ccc(CO)c(OCCCCN2CCN(c3ccccc3C)CC2)c1. The molecule has 0 radical (unpaired) electrons. The molecule has 3 rings (SSSR count). The fraction of sp³-hybridized carbons (Fsp3) is 0.478.